The molecule has 21 heavy (non-hydrogen) atoms. The molecule has 0 bridgehead atoms. The third-order valence-electron chi connectivity index (χ3n) is 3.36. The molecule has 0 aliphatic heterocycles. The van der Waals surface area contributed by atoms with Crippen molar-refractivity contribution in [3.05, 3.63) is 27.7 Å². The van der Waals surface area contributed by atoms with Crippen LogP contribution in [0.3, 0.4) is 0 Å². The largest absolute Gasteiger partial charge is 0.493 e. The fourth-order valence-corrected chi connectivity index (χ4v) is 2.86. The van der Waals surface area contributed by atoms with Crippen LogP contribution in [0.2, 0.25) is 0 Å². The van der Waals surface area contributed by atoms with Gasteiger partial charge in [-0.1, -0.05) is 42.1 Å². The van der Waals surface area contributed by atoms with Crippen molar-refractivity contribution in [1.82, 2.24) is 5.32 Å². The van der Waals surface area contributed by atoms with Crippen molar-refractivity contribution in [3.8, 4) is 5.75 Å². The molecule has 0 radical (unpaired) electrons. The van der Waals surface area contributed by atoms with Gasteiger partial charge in [-0.15, -0.1) is 0 Å². The lowest BCUT2D eigenvalue weighted by Gasteiger charge is -2.15. The monoisotopic (exact) mass is 357 g/mol. The second-order valence-corrected chi connectivity index (χ2v) is 6.21. The maximum absolute atomic E-state index is 6.03. The van der Waals surface area contributed by atoms with E-state index in [0.717, 1.165) is 42.9 Å². The van der Waals surface area contributed by atoms with Gasteiger partial charge in [-0.2, -0.15) is 0 Å². The molecule has 0 heterocycles. The standard InChI is InChI=1S/C17H28BrNO2/c1-4-5-6-7-9-21-17-14(2)11-16(18)12-15(17)13-19-8-10-20-3/h11-12,19H,4-10,13H2,1-3H3. The van der Waals surface area contributed by atoms with Gasteiger partial charge in [0.05, 0.1) is 13.2 Å². The second-order valence-electron chi connectivity index (χ2n) is 5.29. The average molecular weight is 358 g/mol. The van der Waals surface area contributed by atoms with Gasteiger partial charge in [-0.05, 0) is 31.0 Å². The van der Waals surface area contributed by atoms with Gasteiger partial charge in [0.15, 0.2) is 0 Å². The summed E-state index contributed by atoms with van der Waals surface area (Å²) in [6, 6.07) is 4.24. The van der Waals surface area contributed by atoms with Gasteiger partial charge in [0.2, 0.25) is 0 Å². The summed E-state index contributed by atoms with van der Waals surface area (Å²) in [5.41, 5.74) is 2.39. The lowest BCUT2D eigenvalue weighted by molar-refractivity contribution is 0.199. The third-order valence-corrected chi connectivity index (χ3v) is 3.82. The summed E-state index contributed by atoms with van der Waals surface area (Å²) in [5, 5.41) is 3.38. The fraction of sp³-hybridized carbons (Fsp3) is 0.647. The van der Waals surface area contributed by atoms with Gasteiger partial charge < -0.3 is 14.8 Å². The van der Waals surface area contributed by atoms with Gasteiger partial charge in [-0.25, -0.2) is 0 Å². The first kappa shape index (κ1) is 18.5. The maximum Gasteiger partial charge on any atom is 0.126 e. The number of hydrogen-bond donors (Lipinski definition) is 1. The first-order chi connectivity index (χ1) is 10.2. The van der Waals surface area contributed by atoms with Gasteiger partial charge in [0.1, 0.15) is 5.75 Å². The number of hydrogen-bond acceptors (Lipinski definition) is 3. The topological polar surface area (TPSA) is 30.5 Å². The molecule has 0 fully saturated rings. The van der Waals surface area contributed by atoms with Gasteiger partial charge in [-0.3, -0.25) is 0 Å². The highest BCUT2D eigenvalue weighted by Crippen LogP contribution is 2.28. The van der Waals surface area contributed by atoms with E-state index in [1.165, 1.54) is 30.4 Å². The highest BCUT2D eigenvalue weighted by atomic mass is 79.9. The molecule has 1 aromatic carbocycles. The lowest BCUT2D eigenvalue weighted by Crippen LogP contribution is -2.19. The minimum absolute atomic E-state index is 0.722. The van der Waals surface area contributed by atoms with Crippen molar-refractivity contribution in [2.45, 2.75) is 46.1 Å². The minimum atomic E-state index is 0.722. The van der Waals surface area contributed by atoms with Crippen molar-refractivity contribution < 1.29 is 9.47 Å². The number of methoxy groups -OCH3 is 1. The maximum atomic E-state index is 6.03. The Morgan fingerprint density at radius 3 is 2.67 bits per heavy atom. The van der Waals surface area contributed by atoms with Gasteiger partial charge in [0.25, 0.3) is 0 Å². The Labute approximate surface area is 137 Å². The van der Waals surface area contributed by atoms with Crippen molar-refractivity contribution in [3.63, 3.8) is 0 Å². The molecule has 0 amide bonds. The highest BCUT2D eigenvalue weighted by molar-refractivity contribution is 9.10. The summed E-state index contributed by atoms with van der Waals surface area (Å²) in [5.74, 6) is 1.03. The highest BCUT2D eigenvalue weighted by Gasteiger charge is 2.09. The Balaban J connectivity index is 2.57. The Morgan fingerprint density at radius 2 is 1.95 bits per heavy atom. The van der Waals surface area contributed by atoms with Crippen LogP contribution in [0.5, 0.6) is 5.75 Å². The van der Waals surface area contributed by atoms with E-state index in [1.807, 2.05) is 0 Å². The molecule has 120 valence electrons. The van der Waals surface area contributed by atoms with Crippen LogP contribution < -0.4 is 10.1 Å². The average Bonchev–Trinajstić information content (AvgIpc) is 2.45. The van der Waals surface area contributed by atoms with E-state index in [1.54, 1.807) is 7.11 Å². The molecule has 0 aromatic heterocycles. The van der Waals surface area contributed by atoms with E-state index < -0.39 is 0 Å². The molecule has 0 spiro atoms. The Hall–Kier alpha value is -0.580. The second kappa shape index (κ2) is 11.0. The molecule has 0 saturated heterocycles. The summed E-state index contributed by atoms with van der Waals surface area (Å²) in [4.78, 5) is 0. The molecule has 1 N–H and O–H groups in total. The minimum Gasteiger partial charge on any atom is -0.493 e. The third kappa shape index (κ3) is 7.30. The van der Waals surface area contributed by atoms with E-state index in [-0.39, 0.29) is 0 Å². The first-order valence-electron chi connectivity index (χ1n) is 7.80. The van der Waals surface area contributed by atoms with Crippen LogP contribution in [0.25, 0.3) is 0 Å². The van der Waals surface area contributed by atoms with Crippen LogP contribution in [0.4, 0.5) is 0 Å². The summed E-state index contributed by atoms with van der Waals surface area (Å²) in [6.07, 6.45) is 4.91. The van der Waals surface area contributed by atoms with Crippen LogP contribution >= 0.6 is 15.9 Å². The number of nitrogens with one attached hydrogen (secondary N) is 1. The van der Waals surface area contributed by atoms with Crippen LogP contribution in [-0.4, -0.2) is 26.9 Å². The number of rotatable bonds is 11. The van der Waals surface area contributed by atoms with Crippen molar-refractivity contribution in [2.24, 2.45) is 0 Å². The molecule has 4 heteroatoms. The summed E-state index contributed by atoms with van der Waals surface area (Å²) in [6.45, 7) is 7.49. The zero-order valence-corrected chi connectivity index (χ0v) is 15.1. The summed E-state index contributed by atoms with van der Waals surface area (Å²) < 4.78 is 12.2. The molecule has 0 atom stereocenters. The normalized spacial score (nSPS) is 10.9. The number of unbranched alkanes of at least 4 members (excludes halogenated alkanes) is 3. The van der Waals surface area contributed by atoms with Crippen molar-refractivity contribution in [2.75, 3.05) is 26.9 Å². The molecule has 0 aliphatic carbocycles. The van der Waals surface area contributed by atoms with Crippen LogP contribution in [-0.2, 0) is 11.3 Å². The number of aryl methyl sites for hydroxylation is 1. The molecular weight excluding hydrogens is 330 g/mol. The SMILES string of the molecule is CCCCCCOc1c(C)cc(Br)cc1CNCCOC. The molecule has 3 nitrogen and oxygen atoms in total. The number of ether oxygens (including phenoxy) is 2. The molecule has 1 rings (SSSR count). The zero-order chi connectivity index (χ0) is 15.5. The van der Waals surface area contributed by atoms with E-state index in [0.29, 0.717) is 0 Å². The quantitative estimate of drug-likeness (QED) is 0.593. The van der Waals surface area contributed by atoms with Crippen molar-refractivity contribution >= 4 is 15.9 Å². The number of benzene rings is 1. The lowest BCUT2D eigenvalue weighted by atomic mass is 10.1. The summed E-state index contributed by atoms with van der Waals surface area (Å²) in [7, 11) is 1.72. The first-order valence-corrected chi connectivity index (χ1v) is 8.59. The van der Waals surface area contributed by atoms with Gasteiger partial charge in [0, 0.05) is 30.2 Å². The van der Waals surface area contributed by atoms with Crippen LogP contribution in [0.1, 0.15) is 43.7 Å². The predicted octanol–water partition coefficient (Wildman–Crippen LogP) is 4.45. The van der Waals surface area contributed by atoms with Crippen molar-refractivity contribution in [1.29, 1.82) is 0 Å². The van der Waals surface area contributed by atoms with E-state index in [9.17, 15) is 0 Å². The molecular formula is C17H28BrNO2. The van der Waals surface area contributed by atoms with Gasteiger partial charge >= 0.3 is 0 Å². The number of halogens is 1. The van der Waals surface area contributed by atoms with E-state index in [2.05, 4.69) is 47.2 Å². The molecule has 0 unspecified atom stereocenters. The molecule has 0 saturated carbocycles. The Bertz CT molecular complexity index is 410. The van der Waals surface area contributed by atoms with Crippen LogP contribution in [0.15, 0.2) is 16.6 Å². The molecule has 1 aromatic rings. The van der Waals surface area contributed by atoms with E-state index >= 15 is 0 Å². The smallest absolute Gasteiger partial charge is 0.126 e. The van der Waals surface area contributed by atoms with E-state index in [4.69, 9.17) is 9.47 Å². The molecule has 0 aliphatic rings. The Morgan fingerprint density at radius 1 is 1.14 bits per heavy atom. The Kier molecular flexibility index (Phi) is 9.72. The predicted molar refractivity (Wildman–Crippen MR) is 92.1 cm³/mol. The zero-order valence-electron chi connectivity index (χ0n) is 13.5. The van der Waals surface area contributed by atoms with Crippen LogP contribution in [0, 0.1) is 6.92 Å². The summed E-state index contributed by atoms with van der Waals surface area (Å²) >= 11 is 3.56. The fourth-order valence-electron chi connectivity index (χ4n) is 2.24.